The molecule has 0 fully saturated rings. The lowest BCUT2D eigenvalue weighted by Crippen LogP contribution is -2.29. The predicted molar refractivity (Wildman–Crippen MR) is 66.4 cm³/mol. The summed E-state index contributed by atoms with van der Waals surface area (Å²) < 4.78 is 40.4. The van der Waals surface area contributed by atoms with Gasteiger partial charge in [-0.05, 0) is 31.8 Å². The van der Waals surface area contributed by atoms with E-state index in [1.807, 2.05) is 19.6 Å². The molecule has 3 nitrogen and oxygen atoms in total. The van der Waals surface area contributed by atoms with Crippen molar-refractivity contribution in [2.75, 3.05) is 0 Å². The standard InChI is InChI=1S/C9H12BrFO3SSi/c1-16(2,3)14-8-4-7(10)5-9(6-8)15(11,12)13/h4-6H,1-3H3. The second-order valence-electron chi connectivity index (χ2n) is 4.27. The quantitative estimate of drug-likeness (QED) is 0.632. The molecule has 0 aromatic heterocycles. The molecule has 0 radical (unpaired) electrons. The van der Waals surface area contributed by atoms with Crippen molar-refractivity contribution in [3.05, 3.63) is 22.7 Å². The van der Waals surface area contributed by atoms with E-state index in [9.17, 15) is 12.3 Å². The first-order chi connectivity index (χ1) is 7.08. The minimum atomic E-state index is -4.70. The van der Waals surface area contributed by atoms with E-state index in [4.69, 9.17) is 4.43 Å². The summed E-state index contributed by atoms with van der Waals surface area (Å²) in [6.45, 7) is 5.87. The molecule has 7 heteroatoms. The van der Waals surface area contributed by atoms with E-state index >= 15 is 0 Å². The first-order valence-corrected chi connectivity index (χ1v) is 10.1. The average molecular weight is 327 g/mol. The maximum absolute atomic E-state index is 12.8. The Balaban J connectivity index is 3.19. The van der Waals surface area contributed by atoms with Crippen LogP contribution in [0.3, 0.4) is 0 Å². The molecular formula is C9H12BrFO3SSi. The number of rotatable bonds is 3. The van der Waals surface area contributed by atoms with E-state index in [2.05, 4.69) is 15.9 Å². The topological polar surface area (TPSA) is 43.4 Å². The highest BCUT2D eigenvalue weighted by Crippen LogP contribution is 2.27. The van der Waals surface area contributed by atoms with Gasteiger partial charge in [0.1, 0.15) is 10.6 Å². The van der Waals surface area contributed by atoms with E-state index < -0.39 is 23.4 Å². The lowest BCUT2D eigenvalue weighted by Gasteiger charge is -2.19. The molecule has 0 aliphatic heterocycles. The van der Waals surface area contributed by atoms with Crippen molar-refractivity contribution in [3.63, 3.8) is 0 Å². The molecule has 1 rings (SSSR count). The van der Waals surface area contributed by atoms with Gasteiger partial charge in [0.15, 0.2) is 0 Å². The van der Waals surface area contributed by atoms with Crippen LogP contribution in [-0.4, -0.2) is 16.7 Å². The molecule has 0 saturated heterocycles. The molecule has 0 aliphatic rings. The molecule has 16 heavy (non-hydrogen) atoms. The summed E-state index contributed by atoms with van der Waals surface area (Å²) >= 11 is 3.12. The lowest BCUT2D eigenvalue weighted by molar-refractivity contribution is 0.542. The van der Waals surface area contributed by atoms with Crippen molar-refractivity contribution in [2.24, 2.45) is 0 Å². The fourth-order valence-electron chi connectivity index (χ4n) is 1.09. The van der Waals surface area contributed by atoms with Gasteiger partial charge in [-0.15, -0.1) is 3.89 Å². The SMILES string of the molecule is C[Si](C)(C)Oc1cc(Br)cc(S(=O)(=O)F)c1. The molecule has 0 heterocycles. The van der Waals surface area contributed by atoms with Gasteiger partial charge in [0.05, 0.1) is 0 Å². The van der Waals surface area contributed by atoms with Gasteiger partial charge in [-0.2, -0.15) is 8.42 Å². The Hall–Kier alpha value is -0.403. The first kappa shape index (κ1) is 13.7. The van der Waals surface area contributed by atoms with Crippen molar-refractivity contribution < 1.29 is 16.7 Å². The number of hydrogen-bond acceptors (Lipinski definition) is 3. The monoisotopic (exact) mass is 326 g/mol. The molecule has 0 amide bonds. The summed E-state index contributed by atoms with van der Waals surface area (Å²) in [5.74, 6) is 0.366. The van der Waals surface area contributed by atoms with Gasteiger partial charge in [0.25, 0.3) is 0 Å². The highest BCUT2D eigenvalue weighted by Gasteiger charge is 2.19. The summed E-state index contributed by atoms with van der Waals surface area (Å²) in [5, 5.41) is 0. The van der Waals surface area contributed by atoms with Crippen molar-refractivity contribution in [1.82, 2.24) is 0 Å². The second kappa shape index (κ2) is 4.46. The Kier molecular flexibility index (Phi) is 3.81. The lowest BCUT2D eigenvalue weighted by atomic mass is 10.3. The molecule has 0 spiro atoms. The number of halogens is 2. The summed E-state index contributed by atoms with van der Waals surface area (Å²) in [6.07, 6.45) is 0. The Bertz CT molecular complexity index is 496. The van der Waals surface area contributed by atoms with Gasteiger partial charge in [0, 0.05) is 10.5 Å². The Labute approximate surface area is 104 Å². The Morgan fingerprint density at radius 2 is 1.81 bits per heavy atom. The third kappa shape index (κ3) is 4.23. The van der Waals surface area contributed by atoms with Crippen molar-refractivity contribution >= 4 is 34.5 Å². The minimum absolute atomic E-state index is 0.366. The van der Waals surface area contributed by atoms with Gasteiger partial charge < -0.3 is 4.43 Å². The molecule has 1 aromatic carbocycles. The summed E-state index contributed by atoms with van der Waals surface area (Å²) in [7, 11) is -6.54. The predicted octanol–water partition coefficient (Wildman–Crippen LogP) is 3.32. The van der Waals surface area contributed by atoms with Crippen LogP contribution < -0.4 is 4.43 Å². The average Bonchev–Trinajstić information content (AvgIpc) is 1.97. The van der Waals surface area contributed by atoms with Gasteiger partial charge in [-0.1, -0.05) is 15.9 Å². The van der Waals surface area contributed by atoms with Gasteiger partial charge in [-0.3, -0.25) is 0 Å². The van der Waals surface area contributed by atoms with Gasteiger partial charge in [-0.25, -0.2) is 0 Å². The molecule has 90 valence electrons. The fourth-order valence-corrected chi connectivity index (χ4v) is 3.06. The van der Waals surface area contributed by atoms with Gasteiger partial charge in [0.2, 0.25) is 8.32 Å². The van der Waals surface area contributed by atoms with Crippen molar-refractivity contribution in [1.29, 1.82) is 0 Å². The highest BCUT2D eigenvalue weighted by atomic mass is 79.9. The summed E-state index contributed by atoms with van der Waals surface area (Å²) in [5.41, 5.74) is 0. The number of benzene rings is 1. The fraction of sp³-hybridized carbons (Fsp3) is 0.333. The van der Waals surface area contributed by atoms with Crippen molar-refractivity contribution in [3.8, 4) is 5.75 Å². The smallest absolute Gasteiger partial charge is 0.332 e. The van der Waals surface area contributed by atoms with Crippen LogP contribution in [0, 0.1) is 0 Å². The summed E-state index contributed by atoms with van der Waals surface area (Å²) in [4.78, 5) is -0.393. The van der Waals surface area contributed by atoms with E-state index in [-0.39, 0.29) is 0 Å². The maximum atomic E-state index is 12.8. The first-order valence-electron chi connectivity index (χ1n) is 4.52. The Morgan fingerprint density at radius 3 is 2.25 bits per heavy atom. The third-order valence-electron chi connectivity index (χ3n) is 1.55. The maximum Gasteiger partial charge on any atom is 0.332 e. The van der Waals surface area contributed by atoms with Crippen LogP contribution in [-0.2, 0) is 10.2 Å². The van der Waals surface area contributed by atoms with Crippen LogP contribution in [0.2, 0.25) is 19.6 Å². The van der Waals surface area contributed by atoms with E-state index in [1.165, 1.54) is 12.1 Å². The molecule has 0 unspecified atom stereocenters. The molecule has 0 atom stereocenters. The molecule has 0 aliphatic carbocycles. The van der Waals surface area contributed by atoms with Gasteiger partial charge >= 0.3 is 10.2 Å². The van der Waals surface area contributed by atoms with E-state index in [0.717, 1.165) is 0 Å². The van der Waals surface area contributed by atoms with Crippen LogP contribution in [0.5, 0.6) is 5.75 Å². The van der Waals surface area contributed by atoms with Crippen LogP contribution in [0.15, 0.2) is 27.6 Å². The largest absolute Gasteiger partial charge is 0.544 e. The minimum Gasteiger partial charge on any atom is -0.544 e. The van der Waals surface area contributed by atoms with Crippen molar-refractivity contribution in [2.45, 2.75) is 24.5 Å². The zero-order chi connectivity index (χ0) is 12.6. The zero-order valence-corrected chi connectivity index (χ0v) is 12.5. The molecule has 1 aromatic rings. The molecule has 0 N–H and O–H groups in total. The van der Waals surface area contributed by atoms with Crippen LogP contribution in [0.4, 0.5) is 3.89 Å². The second-order valence-corrected chi connectivity index (χ2v) is 11.0. The van der Waals surface area contributed by atoms with Crippen LogP contribution in [0.1, 0.15) is 0 Å². The molecule has 0 saturated carbocycles. The van der Waals surface area contributed by atoms with E-state index in [1.54, 1.807) is 6.07 Å². The highest BCUT2D eigenvalue weighted by molar-refractivity contribution is 9.10. The van der Waals surface area contributed by atoms with E-state index in [0.29, 0.717) is 10.2 Å². The summed E-state index contributed by atoms with van der Waals surface area (Å²) in [6, 6.07) is 4.01. The normalized spacial score (nSPS) is 12.6. The Morgan fingerprint density at radius 1 is 1.25 bits per heavy atom. The third-order valence-corrected chi connectivity index (χ3v) is 3.66. The molecule has 0 bridgehead atoms. The number of hydrogen-bond donors (Lipinski definition) is 0. The van der Waals surface area contributed by atoms with Crippen LogP contribution >= 0.6 is 15.9 Å². The molecular weight excluding hydrogens is 315 g/mol. The van der Waals surface area contributed by atoms with Crippen LogP contribution in [0.25, 0.3) is 0 Å². The zero-order valence-electron chi connectivity index (χ0n) is 9.12.